The molecule has 1 amide bonds. The quantitative estimate of drug-likeness (QED) is 0.910. The molecular formula is C16H19NO3. The Morgan fingerprint density at radius 1 is 1.20 bits per heavy atom. The van der Waals surface area contributed by atoms with Gasteiger partial charge < -0.3 is 14.5 Å². The average molecular weight is 273 g/mol. The highest BCUT2D eigenvalue weighted by Gasteiger charge is 2.10. The molecule has 20 heavy (non-hydrogen) atoms. The lowest BCUT2D eigenvalue weighted by molar-refractivity contribution is 0.0924. The Morgan fingerprint density at radius 2 is 2.00 bits per heavy atom. The van der Waals surface area contributed by atoms with Gasteiger partial charge >= 0.3 is 0 Å². The summed E-state index contributed by atoms with van der Waals surface area (Å²) in [5, 5.41) is 2.69. The van der Waals surface area contributed by atoms with Crippen molar-refractivity contribution in [3.05, 3.63) is 53.0 Å². The van der Waals surface area contributed by atoms with Gasteiger partial charge in [0.1, 0.15) is 18.1 Å². The lowest BCUT2D eigenvalue weighted by atomic mass is 10.1. The average Bonchev–Trinajstić information content (AvgIpc) is 2.89. The third-order valence-corrected chi connectivity index (χ3v) is 3.08. The van der Waals surface area contributed by atoms with E-state index in [0.29, 0.717) is 24.7 Å². The van der Waals surface area contributed by atoms with Crippen LogP contribution >= 0.6 is 0 Å². The van der Waals surface area contributed by atoms with Crippen molar-refractivity contribution < 1.29 is 13.9 Å². The van der Waals surface area contributed by atoms with Crippen molar-refractivity contribution >= 4 is 5.91 Å². The second kappa shape index (κ2) is 6.28. The van der Waals surface area contributed by atoms with Crippen LogP contribution in [0.2, 0.25) is 0 Å². The van der Waals surface area contributed by atoms with Gasteiger partial charge in [-0.2, -0.15) is 0 Å². The number of amides is 1. The van der Waals surface area contributed by atoms with Crippen molar-refractivity contribution in [3.63, 3.8) is 0 Å². The summed E-state index contributed by atoms with van der Waals surface area (Å²) in [7, 11) is 0. The molecule has 4 heteroatoms. The first-order valence-electron chi connectivity index (χ1n) is 6.67. The summed E-state index contributed by atoms with van der Waals surface area (Å²) in [6.07, 6.45) is 0. The number of aryl methyl sites for hydroxylation is 2. The van der Waals surface area contributed by atoms with Gasteiger partial charge in [0, 0.05) is 6.54 Å². The molecule has 106 valence electrons. The molecule has 0 spiro atoms. The number of carbonyl (C=O) groups is 1. The molecule has 0 saturated carbocycles. The molecule has 0 unspecified atom stereocenters. The number of rotatable bonds is 5. The molecule has 2 aromatic rings. The molecule has 0 aliphatic rings. The molecule has 2 rings (SSSR count). The molecule has 1 aromatic carbocycles. The first kappa shape index (κ1) is 14.2. The zero-order valence-electron chi connectivity index (χ0n) is 12.0. The first-order valence-corrected chi connectivity index (χ1v) is 6.67. The van der Waals surface area contributed by atoms with Gasteiger partial charge in [-0.05, 0) is 56.2 Å². The zero-order valence-corrected chi connectivity index (χ0v) is 12.0. The first-order chi connectivity index (χ1) is 9.60. The summed E-state index contributed by atoms with van der Waals surface area (Å²) < 4.78 is 11.1. The van der Waals surface area contributed by atoms with E-state index in [1.54, 1.807) is 12.1 Å². The molecule has 0 aliphatic heterocycles. The number of hydrogen-bond acceptors (Lipinski definition) is 3. The van der Waals surface area contributed by atoms with Crippen LogP contribution in [0.3, 0.4) is 0 Å². The second-order valence-electron chi connectivity index (χ2n) is 4.66. The van der Waals surface area contributed by atoms with Gasteiger partial charge in [0.25, 0.3) is 5.91 Å². The summed E-state index contributed by atoms with van der Waals surface area (Å²) in [5.41, 5.74) is 2.42. The number of nitrogens with one attached hydrogen (secondary N) is 1. The van der Waals surface area contributed by atoms with Crippen molar-refractivity contribution in [2.24, 2.45) is 0 Å². The third kappa shape index (κ3) is 3.41. The van der Waals surface area contributed by atoms with Crippen LogP contribution in [-0.4, -0.2) is 12.5 Å². The van der Waals surface area contributed by atoms with Crippen LogP contribution in [0.4, 0.5) is 0 Å². The van der Waals surface area contributed by atoms with Crippen LogP contribution in [0.15, 0.2) is 34.7 Å². The van der Waals surface area contributed by atoms with E-state index in [1.165, 1.54) is 11.1 Å². The highest BCUT2D eigenvalue weighted by atomic mass is 16.5. The number of benzene rings is 1. The van der Waals surface area contributed by atoms with Crippen LogP contribution in [0, 0.1) is 13.8 Å². The Kier molecular flexibility index (Phi) is 4.45. The molecule has 0 radical (unpaired) electrons. The highest BCUT2D eigenvalue weighted by Crippen LogP contribution is 2.18. The van der Waals surface area contributed by atoms with Crippen LogP contribution in [-0.2, 0) is 6.61 Å². The van der Waals surface area contributed by atoms with E-state index in [-0.39, 0.29) is 5.91 Å². The van der Waals surface area contributed by atoms with Crippen molar-refractivity contribution in [1.82, 2.24) is 5.32 Å². The monoisotopic (exact) mass is 273 g/mol. The van der Waals surface area contributed by atoms with Crippen molar-refractivity contribution in [1.29, 1.82) is 0 Å². The maximum absolute atomic E-state index is 11.6. The van der Waals surface area contributed by atoms with Gasteiger partial charge in [0.15, 0.2) is 5.76 Å². The standard InChI is InChI=1S/C16H19NO3/c1-4-17-16(18)15-8-7-14(20-15)10-19-13-6-5-11(2)12(3)9-13/h5-9H,4,10H2,1-3H3,(H,17,18). The molecule has 1 aromatic heterocycles. The van der Waals surface area contributed by atoms with Crippen LogP contribution < -0.4 is 10.1 Å². The summed E-state index contributed by atoms with van der Waals surface area (Å²) in [6.45, 7) is 6.85. The number of carbonyl (C=O) groups excluding carboxylic acids is 1. The fourth-order valence-corrected chi connectivity index (χ4v) is 1.78. The normalized spacial score (nSPS) is 10.3. The van der Waals surface area contributed by atoms with Crippen molar-refractivity contribution in [2.75, 3.05) is 6.54 Å². The molecule has 4 nitrogen and oxygen atoms in total. The van der Waals surface area contributed by atoms with Gasteiger partial charge in [-0.15, -0.1) is 0 Å². The highest BCUT2D eigenvalue weighted by molar-refractivity contribution is 5.91. The molecule has 0 fully saturated rings. The molecular weight excluding hydrogens is 254 g/mol. The maximum Gasteiger partial charge on any atom is 0.286 e. The molecule has 0 bridgehead atoms. The SMILES string of the molecule is CCNC(=O)c1ccc(COc2ccc(C)c(C)c2)o1. The van der Waals surface area contributed by atoms with E-state index in [4.69, 9.17) is 9.15 Å². The lowest BCUT2D eigenvalue weighted by Crippen LogP contribution is -2.21. The molecule has 0 aliphatic carbocycles. The van der Waals surface area contributed by atoms with Crippen LogP contribution in [0.5, 0.6) is 5.75 Å². The number of ether oxygens (including phenoxy) is 1. The van der Waals surface area contributed by atoms with Gasteiger partial charge in [-0.25, -0.2) is 0 Å². The predicted molar refractivity (Wildman–Crippen MR) is 77.0 cm³/mol. The largest absolute Gasteiger partial charge is 0.486 e. The van der Waals surface area contributed by atoms with E-state index in [9.17, 15) is 4.79 Å². The van der Waals surface area contributed by atoms with E-state index in [1.807, 2.05) is 32.0 Å². The Hall–Kier alpha value is -2.23. The summed E-state index contributed by atoms with van der Waals surface area (Å²) >= 11 is 0. The van der Waals surface area contributed by atoms with E-state index in [2.05, 4.69) is 12.2 Å². The summed E-state index contributed by atoms with van der Waals surface area (Å²) in [4.78, 5) is 11.6. The Balaban J connectivity index is 1.97. The molecule has 0 atom stereocenters. The van der Waals surface area contributed by atoms with E-state index in [0.717, 1.165) is 5.75 Å². The van der Waals surface area contributed by atoms with Crippen molar-refractivity contribution in [3.8, 4) is 5.75 Å². The fraction of sp³-hybridized carbons (Fsp3) is 0.312. The molecule has 0 saturated heterocycles. The number of hydrogen-bond donors (Lipinski definition) is 1. The van der Waals surface area contributed by atoms with Crippen molar-refractivity contribution in [2.45, 2.75) is 27.4 Å². The molecule has 1 N–H and O–H groups in total. The zero-order chi connectivity index (χ0) is 14.5. The Labute approximate surface area is 118 Å². The Morgan fingerprint density at radius 3 is 2.70 bits per heavy atom. The van der Waals surface area contributed by atoms with E-state index >= 15 is 0 Å². The van der Waals surface area contributed by atoms with E-state index < -0.39 is 0 Å². The minimum atomic E-state index is -0.204. The number of furan rings is 1. The van der Waals surface area contributed by atoms with Crippen LogP contribution in [0.1, 0.15) is 34.4 Å². The smallest absolute Gasteiger partial charge is 0.286 e. The van der Waals surface area contributed by atoms with Gasteiger partial charge in [0.05, 0.1) is 0 Å². The summed E-state index contributed by atoms with van der Waals surface area (Å²) in [6, 6.07) is 9.35. The minimum absolute atomic E-state index is 0.204. The van der Waals surface area contributed by atoms with Gasteiger partial charge in [-0.1, -0.05) is 6.07 Å². The van der Waals surface area contributed by atoms with Gasteiger partial charge in [0.2, 0.25) is 0 Å². The Bertz CT molecular complexity index is 602. The second-order valence-corrected chi connectivity index (χ2v) is 4.66. The summed E-state index contributed by atoms with van der Waals surface area (Å²) in [5.74, 6) is 1.53. The molecule has 1 heterocycles. The topological polar surface area (TPSA) is 51.5 Å². The minimum Gasteiger partial charge on any atom is -0.486 e. The predicted octanol–water partition coefficient (Wildman–Crippen LogP) is 3.23. The fourth-order valence-electron chi connectivity index (χ4n) is 1.78. The van der Waals surface area contributed by atoms with Gasteiger partial charge in [-0.3, -0.25) is 4.79 Å². The van der Waals surface area contributed by atoms with Crippen LogP contribution in [0.25, 0.3) is 0 Å². The maximum atomic E-state index is 11.6. The lowest BCUT2D eigenvalue weighted by Gasteiger charge is -2.06. The third-order valence-electron chi connectivity index (χ3n) is 3.08.